The van der Waals surface area contributed by atoms with Gasteiger partial charge in [-0.3, -0.25) is 20.4 Å². The van der Waals surface area contributed by atoms with Crippen molar-refractivity contribution in [1.82, 2.24) is 10.9 Å². The molecule has 30 heavy (non-hydrogen) atoms. The van der Waals surface area contributed by atoms with E-state index < -0.39 is 12.0 Å². The molecule has 0 aliphatic carbocycles. The molecule has 0 fully saturated rings. The SMILES string of the molecule is CC(Oc1ccc2ccccc2c1)C(=O)NNC(=O)Cc1cccc2ccccc12. The molecule has 0 spiro atoms. The third kappa shape index (κ3) is 4.41. The molecule has 1 unspecified atom stereocenters. The molecule has 4 aromatic rings. The van der Waals surface area contributed by atoms with Gasteiger partial charge >= 0.3 is 0 Å². The first-order chi connectivity index (χ1) is 14.6. The van der Waals surface area contributed by atoms with Crippen LogP contribution in [0, 0.1) is 0 Å². The maximum atomic E-state index is 12.3. The number of fused-ring (bicyclic) bond motifs is 2. The topological polar surface area (TPSA) is 67.4 Å². The summed E-state index contributed by atoms with van der Waals surface area (Å²) in [6.45, 7) is 1.64. The van der Waals surface area contributed by atoms with Crippen LogP contribution in [0.3, 0.4) is 0 Å². The van der Waals surface area contributed by atoms with E-state index in [-0.39, 0.29) is 12.3 Å². The van der Waals surface area contributed by atoms with E-state index in [2.05, 4.69) is 10.9 Å². The monoisotopic (exact) mass is 398 g/mol. The molecule has 0 aromatic heterocycles. The van der Waals surface area contributed by atoms with Crippen molar-refractivity contribution >= 4 is 33.4 Å². The summed E-state index contributed by atoms with van der Waals surface area (Å²) in [5.74, 6) is -0.120. The van der Waals surface area contributed by atoms with E-state index in [1.54, 1.807) is 6.92 Å². The minimum Gasteiger partial charge on any atom is -0.481 e. The molecule has 2 amide bonds. The fraction of sp³-hybridized carbons (Fsp3) is 0.120. The lowest BCUT2D eigenvalue weighted by Crippen LogP contribution is -2.47. The van der Waals surface area contributed by atoms with Gasteiger partial charge in [0.05, 0.1) is 6.42 Å². The van der Waals surface area contributed by atoms with Gasteiger partial charge in [0.15, 0.2) is 6.10 Å². The van der Waals surface area contributed by atoms with Crippen molar-refractivity contribution < 1.29 is 14.3 Å². The van der Waals surface area contributed by atoms with Crippen LogP contribution in [0.1, 0.15) is 12.5 Å². The maximum absolute atomic E-state index is 12.3. The van der Waals surface area contributed by atoms with Crippen LogP contribution in [0.4, 0.5) is 0 Å². The zero-order valence-electron chi connectivity index (χ0n) is 16.6. The van der Waals surface area contributed by atoms with Crippen LogP contribution in [0.5, 0.6) is 5.75 Å². The van der Waals surface area contributed by atoms with Crippen molar-refractivity contribution in [2.75, 3.05) is 0 Å². The van der Waals surface area contributed by atoms with Gasteiger partial charge in [0, 0.05) is 0 Å². The molecule has 5 heteroatoms. The summed E-state index contributed by atoms with van der Waals surface area (Å²) in [5, 5.41) is 4.23. The summed E-state index contributed by atoms with van der Waals surface area (Å²) in [6.07, 6.45) is -0.592. The van der Waals surface area contributed by atoms with E-state index in [0.717, 1.165) is 27.1 Å². The number of rotatable bonds is 5. The number of hydrazine groups is 1. The van der Waals surface area contributed by atoms with Crippen LogP contribution in [0.15, 0.2) is 84.9 Å². The number of hydrogen-bond acceptors (Lipinski definition) is 3. The Balaban J connectivity index is 1.33. The van der Waals surface area contributed by atoms with Gasteiger partial charge in [-0.05, 0) is 46.2 Å². The van der Waals surface area contributed by atoms with Crippen molar-refractivity contribution in [2.45, 2.75) is 19.4 Å². The average molecular weight is 398 g/mol. The lowest BCUT2D eigenvalue weighted by atomic mass is 10.0. The number of amides is 2. The molecule has 0 saturated carbocycles. The fourth-order valence-corrected chi connectivity index (χ4v) is 3.40. The fourth-order valence-electron chi connectivity index (χ4n) is 3.40. The Labute approximate surface area is 174 Å². The molecule has 4 rings (SSSR count). The first-order valence-corrected chi connectivity index (χ1v) is 9.81. The molecular weight excluding hydrogens is 376 g/mol. The third-order valence-electron chi connectivity index (χ3n) is 4.96. The second-order valence-corrected chi connectivity index (χ2v) is 7.12. The second-order valence-electron chi connectivity index (χ2n) is 7.12. The molecule has 0 saturated heterocycles. The van der Waals surface area contributed by atoms with E-state index in [1.165, 1.54) is 0 Å². The normalized spacial score (nSPS) is 11.8. The molecule has 0 aliphatic rings. The van der Waals surface area contributed by atoms with Gasteiger partial charge in [-0.1, -0.05) is 72.8 Å². The first-order valence-electron chi connectivity index (χ1n) is 9.81. The Morgan fingerprint density at radius 3 is 2.33 bits per heavy atom. The molecule has 0 bridgehead atoms. The number of benzene rings is 4. The standard InChI is InChI=1S/C25H22N2O3/c1-17(30-22-14-13-18-7-2-3-9-20(18)15-22)25(29)27-26-24(28)16-21-11-6-10-19-8-4-5-12-23(19)21/h2-15,17H,16H2,1H3,(H,26,28)(H,27,29). The summed E-state index contributed by atoms with van der Waals surface area (Å²) in [6, 6.07) is 27.3. The molecule has 5 nitrogen and oxygen atoms in total. The summed E-state index contributed by atoms with van der Waals surface area (Å²) >= 11 is 0. The van der Waals surface area contributed by atoms with E-state index in [1.807, 2.05) is 84.9 Å². The Kier molecular flexibility index (Phi) is 5.61. The molecule has 2 N–H and O–H groups in total. The number of ether oxygens (including phenoxy) is 1. The molecule has 4 aromatic carbocycles. The van der Waals surface area contributed by atoms with Gasteiger partial charge in [-0.25, -0.2) is 0 Å². The van der Waals surface area contributed by atoms with Crippen LogP contribution in [-0.2, 0) is 16.0 Å². The Bertz CT molecular complexity index is 1210. The highest BCUT2D eigenvalue weighted by molar-refractivity contribution is 5.91. The second kappa shape index (κ2) is 8.66. The Hall–Kier alpha value is -3.86. The van der Waals surface area contributed by atoms with Crippen molar-refractivity contribution in [3.63, 3.8) is 0 Å². The zero-order chi connectivity index (χ0) is 20.9. The quantitative estimate of drug-likeness (QED) is 0.496. The molecule has 0 aliphatic heterocycles. The highest BCUT2D eigenvalue weighted by Crippen LogP contribution is 2.21. The summed E-state index contributed by atoms with van der Waals surface area (Å²) in [7, 11) is 0. The number of nitrogens with one attached hydrogen (secondary N) is 2. The van der Waals surface area contributed by atoms with Crippen LogP contribution >= 0.6 is 0 Å². The predicted molar refractivity (Wildman–Crippen MR) is 118 cm³/mol. The van der Waals surface area contributed by atoms with Crippen molar-refractivity contribution in [1.29, 1.82) is 0 Å². The molecular formula is C25H22N2O3. The van der Waals surface area contributed by atoms with Crippen LogP contribution in [-0.4, -0.2) is 17.9 Å². The first kappa shape index (κ1) is 19.5. The Morgan fingerprint density at radius 1 is 0.800 bits per heavy atom. The maximum Gasteiger partial charge on any atom is 0.279 e. The van der Waals surface area contributed by atoms with Crippen molar-refractivity contribution in [2.24, 2.45) is 0 Å². The smallest absolute Gasteiger partial charge is 0.279 e. The van der Waals surface area contributed by atoms with E-state index >= 15 is 0 Å². The van der Waals surface area contributed by atoms with Crippen molar-refractivity contribution in [3.05, 3.63) is 90.5 Å². The third-order valence-corrected chi connectivity index (χ3v) is 4.96. The molecule has 1 atom stereocenters. The van der Waals surface area contributed by atoms with E-state index in [9.17, 15) is 9.59 Å². The molecule has 0 heterocycles. The summed E-state index contributed by atoms with van der Waals surface area (Å²) in [5.41, 5.74) is 5.82. The largest absolute Gasteiger partial charge is 0.481 e. The van der Waals surface area contributed by atoms with Crippen LogP contribution in [0.25, 0.3) is 21.5 Å². The van der Waals surface area contributed by atoms with Crippen LogP contribution in [0.2, 0.25) is 0 Å². The zero-order valence-corrected chi connectivity index (χ0v) is 16.6. The van der Waals surface area contributed by atoms with E-state index in [4.69, 9.17) is 4.74 Å². The minimum absolute atomic E-state index is 0.168. The van der Waals surface area contributed by atoms with Crippen molar-refractivity contribution in [3.8, 4) is 5.75 Å². The highest BCUT2D eigenvalue weighted by atomic mass is 16.5. The summed E-state index contributed by atoms with van der Waals surface area (Å²) in [4.78, 5) is 24.7. The number of hydrogen-bond donors (Lipinski definition) is 2. The van der Waals surface area contributed by atoms with Gasteiger partial charge in [-0.15, -0.1) is 0 Å². The predicted octanol–water partition coefficient (Wildman–Crippen LogP) is 4.15. The lowest BCUT2D eigenvalue weighted by Gasteiger charge is -2.16. The van der Waals surface area contributed by atoms with Gasteiger partial charge in [0.2, 0.25) is 5.91 Å². The summed E-state index contributed by atoms with van der Waals surface area (Å²) < 4.78 is 5.73. The Morgan fingerprint density at radius 2 is 1.50 bits per heavy atom. The van der Waals surface area contributed by atoms with Gasteiger partial charge < -0.3 is 4.74 Å². The van der Waals surface area contributed by atoms with Gasteiger partial charge in [0.1, 0.15) is 5.75 Å². The molecule has 0 radical (unpaired) electrons. The van der Waals surface area contributed by atoms with Crippen LogP contribution < -0.4 is 15.6 Å². The number of carbonyl (C=O) groups is 2. The average Bonchev–Trinajstić information content (AvgIpc) is 2.77. The lowest BCUT2D eigenvalue weighted by molar-refractivity contribution is -0.132. The highest BCUT2D eigenvalue weighted by Gasteiger charge is 2.16. The van der Waals surface area contributed by atoms with Gasteiger partial charge in [0.25, 0.3) is 5.91 Å². The minimum atomic E-state index is -0.760. The van der Waals surface area contributed by atoms with E-state index in [0.29, 0.717) is 5.75 Å². The number of carbonyl (C=O) groups excluding carboxylic acids is 2. The van der Waals surface area contributed by atoms with Gasteiger partial charge in [-0.2, -0.15) is 0 Å². The molecule has 150 valence electrons.